The lowest BCUT2D eigenvalue weighted by Gasteiger charge is -2.14. The highest BCUT2D eigenvalue weighted by atomic mass is 16.5. The number of anilines is 1. The van der Waals surface area contributed by atoms with Crippen LogP contribution in [0.2, 0.25) is 0 Å². The first kappa shape index (κ1) is 24.3. The van der Waals surface area contributed by atoms with Crippen molar-refractivity contribution in [2.75, 3.05) is 18.5 Å². The van der Waals surface area contributed by atoms with Crippen LogP contribution in [0.15, 0.2) is 60.7 Å². The Balaban J connectivity index is 1.58. The molecular weight excluding hydrogens is 416 g/mol. The van der Waals surface area contributed by atoms with Gasteiger partial charge >= 0.3 is 0 Å². The number of carbonyl (C=O) groups excluding carboxylic acids is 1. The van der Waals surface area contributed by atoms with Gasteiger partial charge in [0.2, 0.25) is 0 Å². The van der Waals surface area contributed by atoms with Gasteiger partial charge in [-0.15, -0.1) is 0 Å². The van der Waals surface area contributed by atoms with E-state index in [0.29, 0.717) is 35.9 Å². The number of nitrogens with zero attached hydrogens (tertiary/aromatic N) is 1. The molecule has 0 radical (unpaired) electrons. The van der Waals surface area contributed by atoms with Crippen molar-refractivity contribution in [3.63, 3.8) is 0 Å². The number of nitrogens with one attached hydrogen (secondary N) is 1. The van der Waals surface area contributed by atoms with E-state index in [1.807, 2.05) is 68.4 Å². The van der Waals surface area contributed by atoms with Crippen molar-refractivity contribution in [2.24, 2.45) is 0 Å². The molecule has 2 aromatic carbocycles. The topological polar surface area (TPSA) is 69.7 Å². The van der Waals surface area contributed by atoms with Gasteiger partial charge in [0.05, 0.1) is 29.7 Å². The molecule has 0 spiro atoms. The molecule has 1 unspecified atom stereocenters. The van der Waals surface area contributed by atoms with Crippen molar-refractivity contribution in [1.82, 2.24) is 4.98 Å². The molecule has 6 nitrogen and oxygen atoms in total. The number of hydrogen-bond donors (Lipinski definition) is 1. The molecule has 1 aromatic heterocycles. The predicted molar refractivity (Wildman–Crippen MR) is 130 cm³/mol. The maximum atomic E-state index is 12.7. The average molecular weight is 449 g/mol. The Kier molecular flexibility index (Phi) is 8.84. The number of aromatic nitrogens is 1. The number of rotatable bonds is 11. The smallest absolute Gasteiger partial charge is 0.257 e. The van der Waals surface area contributed by atoms with Gasteiger partial charge in [0, 0.05) is 12.3 Å². The van der Waals surface area contributed by atoms with Crippen LogP contribution >= 0.6 is 0 Å². The lowest BCUT2D eigenvalue weighted by Crippen LogP contribution is -2.15. The summed E-state index contributed by atoms with van der Waals surface area (Å²) in [7, 11) is 0. The van der Waals surface area contributed by atoms with Gasteiger partial charge in [-0.25, -0.2) is 0 Å². The largest absolute Gasteiger partial charge is 0.494 e. The maximum Gasteiger partial charge on any atom is 0.257 e. The zero-order valence-corrected chi connectivity index (χ0v) is 19.8. The number of hydrogen-bond acceptors (Lipinski definition) is 5. The van der Waals surface area contributed by atoms with Gasteiger partial charge in [-0.2, -0.15) is 0 Å². The van der Waals surface area contributed by atoms with Gasteiger partial charge < -0.3 is 19.5 Å². The molecule has 0 fully saturated rings. The second-order valence-electron chi connectivity index (χ2n) is 7.78. The molecule has 0 saturated heterocycles. The average Bonchev–Trinajstić information content (AvgIpc) is 2.83. The van der Waals surface area contributed by atoms with Crippen LogP contribution in [-0.4, -0.2) is 24.1 Å². The predicted octanol–water partition coefficient (Wildman–Crippen LogP) is 6.71. The van der Waals surface area contributed by atoms with Crippen LogP contribution in [0.5, 0.6) is 17.2 Å². The SMILES string of the molecule is CCCOc1ccc(Oc2ccc(NC(=O)c3ccc(C(C)OCCC)nc3C)cc2)cc1. The van der Waals surface area contributed by atoms with E-state index in [1.165, 1.54) is 0 Å². The van der Waals surface area contributed by atoms with Gasteiger partial charge in [0.1, 0.15) is 17.2 Å². The molecule has 0 bridgehead atoms. The standard InChI is InChI=1S/C27H32N2O4/c1-5-17-31-20(4)26-16-15-25(19(3)28-26)27(30)29-21-7-9-23(10-8-21)33-24-13-11-22(12-14-24)32-18-6-2/h7-16,20H,5-6,17-18H2,1-4H3,(H,29,30). The quantitative estimate of drug-likeness (QED) is 0.353. The van der Waals surface area contributed by atoms with Crippen molar-refractivity contribution in [1.29, 1.82) is 0 Å². The van der Waals surface area contributed by atoms with Crippen molar-refractivity contribution >= 4 is 11.6 Å². The third-order valence-electron chi connectivity index (χ3n) is 4.98. The molecule has 0 aliphatic rings. The number of ether oxygens (including phenoxy) is 3. The molecule has 33 heavy (non-hydrogen) atoms. The van der Waals surface area contributed by atoms with Crippen molar-refractivity contribution in [2.45, 2.75) is 46.6 Å². The zero-order chi connectivity index (χ0) is 23.6. The molecule has 3 rings (SSSR count). The van der Waals surface area contributed by atoms with E-state index in [-0.39, 0.29) is 12.0 Å². The fourth-order valence-electron chi connectivity index (χ4n) is 3.19. The number of benzene rings is 2. The van der Waals surface area contributed by atoms with E-state index >= 15 is 0 Å². The summed E-state index contributed by atoms with van der Waals surface area (Å²) < 4.78 is 17.2. The first-order chi connectivity index (χ1) is 16.0. The summed E-state index contributed by atoms with van der Waals surface area (Å²) in [5, 5.41) is 2.92. The van der Waals surface area contributed by atoms with E-state index in [9.17, 15) is 4.79 Å². The summed E-state index contributed by atoms with van der Waals surface area (Å²) in [6.45, 7) is 9.32. The van der Waals surface area contributed by atoms with E-state index in [2.05, 4.69) is 24.1 Å². The van der Waals surface area contributed by atoms with Crippen LogP contribution in [0.4, 0.5) is 5.69 Å². The Morgan fingerprint density at radius 3 is 2.09 bits per heavy atom. The summed E-state index contributed by atoms with van der Waals surface area (Å²) >= 11 is 0. The van der Waals surface area contributed by atoms with E-state index in [0.717, 1.165) is 30.0 Å². The summed E-state index contributed by atoms with van der Waals surface area (Å²) in [4.78, 5) is 17.3. The summed E-state index contributed by atoms with van der Waals surface area (Å²) in [5.74, 6) is 2.01. The highest BCUT2D eigenvalue weighted by Crippen LogP contribution is 2.25. The minimum absolute atomic E-state index is 0.103. The Hall–Kier alpha value is -3.38. The Morgan fingerprint density at radius 1 is 0.879 bits per heavy atom. The third-order valence-corrected chi connectivity index (χ3v) is 4.98. The van der Waals surface area contributed by atoms with Crippen molar-refractivity contribution < 1.29 is 19.0 Å². The molecule has 0 aliphatic heterocycles. The molecular formula is C27H32N2O4. The minimum Gasteiger partial charge on any atom is -0.494 e. The van der Waals surface area contributed by atoms with Gasteiger partial charge in [-0.05, 0) is 87.4 Å². The molecule has 1 heterocycles. The lowest BCUT2D eigenvalue weighted by atomic mass is 10.1. The zero-order valence-electron chi connectivity index (χ0n) is 19.8. The van der Waals surface area contributed by atoms with E-state index in [4.69, 9.17) is 14.2 Å². The fraction of sp³-hybridized carbons (Fsp3) is 0.333. The van der Waals surface area contributed by atoms with Gasteiger partial charge in [-0.3, -0.25) is 9.78 Å². The molecule has 3 aromatic rings. The normalized spacial score (nSPS) is 11.6. The second-order valence-corrected chi connectivity index (χ2v) is 7.78. The monoisotopic (exact) mass is 448 g/mol. The number of amides is 1. The van der Waals surface area contributed by atoms with Gasteiger partial charge in [0.15, 0.2) is 0 Å². The first-order valence-electron chi connectivity index (χ1n) is 11.4. The van der Waals surface area contributed by atoms with Crippen LogP contribution in [0.1, 0.15) is 61.5 Å². The molecule has 1 amide bonds. The Bertz CT molecular complexity index is 1030. The van der Waals surface area contributed by atoms with Crippen LogP contribution < -0.4 is 14.8 Å². The van der Waals surface area contributed by atoms with E-state index < -0.39 is 0 Å². The summed E-state index contributed by atoms with van der Waals surface area (Å²) in [6, 6.07) is 18.4. The molecule has 1 atom stereocenters. The van der Waals surface area contributed by atoms with Crippen molar-refractivity contribution in [3.8, 4) is 17.2 Å². The van der Waals surface area contributed by atoms with Crippen LogP contribution in [0, 0.1) is 6.92 Å². The molecule has 6 heteroatoms. The Morgan fingerprint density at radius 2 is 1.48 bits per heavy atom. The lowest BCUT2D eigenvalue weighted by molar-refractivity contribution is 0.0632. The maximum absolute atomic E-state index is 12.7. The number of carbonyl (C=O) groups is 1. The highest BCUT2D eigenvalue weighted by Gasteiger charge is 2.14. The fourth-order valence-corrected chi connectivity index (χ4v) is 3.19. The van der Waals surface area contributed by atoms with Crippen LogP contribution in [-0.2, 0) is 4.74 Å². The van der Waals surface area contributed by atoms with Gasteiger partial charge in [-0.1, -0.05) is 13.8 Å². The molecule has 0 saturated carbocycles. The summed E-state index contributed by atoms with van der Waals surface area (Å²) in [5.41, 5.74) is 2.71. The van der Waals surface area contributed by atoms with Crippen LogP contribution in [0.25, 0.3) is 0 Å². The van der Waals surface area contributed by atoms with Crippen molar-refractivity contribution in [3.05, 3.63) is 77.6 Å². The minimum atomic E-state index is -0.204. The summed E-state index contributed by atoms with van der Waals surface area (Å²) in [6.07, 6.45) is 1.82. The Labute approximate surface area is 195 Å². The highest BCUT2D eigenvalue weighted by molar-refractivity contribution is 6.05. The number of aryl methyl sites for hydroxylation is 1. The molecule has 174 valence electrons. The number of pyridine rings is 1. The molecule has 1 N–H and O–H groups in total. The van der Waals surface area contributed by atoms with Crippen LogP contribution in [0.3, 0.4) is 0 Å². The van der Waals surface area contributed by atoms with Gasteiger partial charge in [0.25, 0.3) is 5.91 Å². The third kappa shape index (κ3) is 7.05. The second kappa shape index (κ2) is 12.0. The first-order valence-corrected chi connectivity index (χ1v) is 11.4. The molecule has 0 aliphatic carbocycles. The van der Waals surface area contributed by atoms with E-state index in [1.54, 1.807) is 6.07 Å².